The number of para-hydroxylation sites is 2. The van der Waals surface area contributed by atoms with Crippen LogP contribution in [0.2, 0.25) is 0 Å². The monoisotopic (exact) mass is 557 g/mol. The maximum Gasteiger partial charge on any atom is 0.308 e. The molecule has 2 bridgehead atoms. The smallest absolute Gasteiger partial charge is 0.308 e. The summed E-state index contributed by atoms with van der Waals surface area (Å²) >= 11 is 0. The Labute approximate surface area is 239 Å². The highest BCUT2D eigenvalue weighted by atomic mass is 35.5. The molecule has 0 aliphatic heterocycles. The van der Waals surface area contributed by atoms with Crippen LogP contribution in [0.4, 0.5) is 0 Å². The molecule has 3 aromatic rings. The number of hydrogen-bond acceptors (Lipinski definition) is 4. The number of carbonyl (C=O) groups is 1. The highest BCUT2D eigenvalue weighted by molar-refractivity contribution is 5.85. The number of benzene rings is 2. The van der Waals surface area contributed by atoms with Crippen LogP contribution in [0.3, 0.4) is 0 Å². The fourth-order valence-corrected chi connectivity index (χ4v) is 6.04. The van der Waals surface area contributed by atoms with Crippen molar-refractivity contribution < 1.29 is 9.53 Å². The quantitative estimate of drug-likeness (QED) is 0.270. The molecular weight excluding hydrogens is 517 g/mol. The van der Waals surface area contributed by atoms with Gasteiger partial charge in [-0.25, -0.2) is 4.98 Å². The van der Waals surface area contributed by atoms with E-state index in [0.29, 0.717) is 5.92 Å². The Kier molecular flexibility index (Phi) is 10.4. The van der Waals surface area contributed by atoms with Gasteiger partial charge in [0, 0.05) is 25.3 Å². The molecule has 1 N–H and O–H groups in total. The number of halogens is 2. The molecule has 0 radical (unpaired) electrons. The topological polar surface area (TPSA) is 58.2 Å². The molecule has 6 rings (SSSR count). The Balaban J connectivity index is 0.00000200. The number of aromatic amines is 1. The number of imidazole rings is 1. The van der Waals surface area contributed by atoms with Crippen LogP contribution in [-0.2, 0) is 16.0 Å². The lowest BCUT2D eigenvalue weighted by Crippen LogP contribution is -2.51. The molecular formula is C31H41Cl2N3O2. The molecule has 38 heavy (non-hydrogen) atoms. The minimum absolute atomic E-state index is 0. The van der Waals surface area contributed by atoms with Crippen molar-refractivity contribution in [2.24, 2.45) is 17.8 Å². The fourth-order valence-electron chi connectivity index (χ4n) is 6.04. The predicted octanol–water partition coefficient (Wildman–Crippen LogP) is 7.11. The van der Waals surface area contributed by atoms with E-state index in [4.69, 9.17) is 9.72 Å². The SMILES string of the molecule is CC(C)C(=O)O[C@@]1(CCN(C)CCCc2nc3ccccc3[nH]2)C[C@H]2CC[C@@H]1C=C2c1ccccc1.Cl.Cl. The minimum Gasteiger partial charge on any atom is -0.458 e. The van der Waals surface area contributed by atoms with Crippen LogP contribution in [0.5, 0.6) is 0 Å². The second-order valence-corrected chi connectivity index (χ2v) is 11.1. The second kappa shape index (κ2) is 13.1. The van der Waals surface area contributed by atoms with Gasteiger partial charge in [0.2, 0.25) is 0 Å². The van der Waals surface area contributed by atoms with Gasteiger partial charge in [0.25, 0.3) is 0 Å². The summed E-state index contributed by atoms with van der Waals surface area (Å²) < 4.78 is 6.39. The lowest BCUT2D eigenvalue weighted by Gasteiger charge is -2.50. The third-order valence-electron chi connectivity index (χ3n) is 8.11. The van der Waals surface area contributed by atoms with Crippen LogP contribution < -0.4 is 0 Å². The molecule has 3 aliphatic carbocycles. The van der Waals surface area contributed by atoms with E-state index in [9.17, 15) is 4.79 Å². The fraction of sp³-hybridized carbons (Fsp3) is 0.484. The minimum atomic E-state index is -0.393. The van der Waals surface area contributed by atoms with E-state index in [0.717, 1.165) is 62.1 Å². The Morgan fingerprint density at radius 3 is 2.50 bits per heavy atom. The van der Waals surface area contributed by atoms with Crippen molar-refractivity contribution in [3.8, 4) is 0 Å². The van der Waals surface area contributed by atoms with Crippen LogP contribution in [0, 0.1) is 17.8 Å². The summed E-state index contributed by atoms with van der Waals surface area (Å²) in [7, 11) is 2.18. The van der Waals surface area contributed by atoms with E-state index in [1.807, 2.05) is 26.0 Å². The summed E-state index contributed by atoms with van der Waals surface area (Å²) in [5.74, 6) is 1.61. The van der Waals surface area contributed by atoms with E-state index in [-0.39, 0.29) is 42.6 Å². The number of carbonyl (C=O) groups excluding carboxylic acids is 1. The van der Waals surface area contributed by atoms with Crippen molar-refractivity contribution in [2.75, 3.05) is 20.1 Å². The van der Waals surface area contributed by atoms with Gasteiger partial charge in [0.05, 0.1) is 17.0 Å². The van der Waals surface area contributed by atoms with Gasteiger partial charge in [-0.1, -0.05) is 62.4 Å². The normalized spacial score (nSPS) is 22.2. The molecule has 0 unspecified atom stereocenters. The van der Waals surface area contributed by atoms with E-state index in [1.54, 1.807) is 0 Å². The van der Waals surface area contributed by atoms with Crippen molar-refractivity contribution >= 4 is 47.4 Å². The third-order valence-corrected chi connectivity index (χ3v) is 8.11. The lowest BCUT2D eigenvalue weighted by atomic mass is 9.60. The van der Waals surface area contributed by atoms with Crippen molar-refractivity contribution in [3.63, 3.8) is 0 Å². The third kappa shape index (κ3) is 6.62. The number of esters is 1. The predicted molar refractivity (Wildman–Crippen MR) is 160 cm³/mol. The average molecular weight is 559 g/mol. The molecule has 1 fully saturated rings. The van der Waals surface area contributed by atoms with E-state index >= 15 is 0 Å². The maximum absolute atomic E-state index is 12.8. The maximum atomic E-state index is 12.8. The first-order valence-electron chi connectivity index (χ1n) is 13.6. The molecule has 2 aromatic carbocycles. The zero-order chi connectivity index (χ0) is 25.1. The van der Waals surface area contributed by atoms with Crippen molar-refractivity contribution in [3.05, 3.63) is 72.1 Å². The molecule has 0 spiro atoms. The molecule has 1 heterocycles. The molecule has 0 amide bonds. The van der Waals surface area contributed by atoms with E-state index in [2.05, 4.69) is 65.5 Å². The molecule has 206 valence electrons. The zero-order valence-electron chi connectivity index (χ0n) is 22.7. The summed E-state index contributed by atoms with van der Waals surface area (Å²) in [6.07, 6.45) is 8.50. The summed E-state index contributed by atoms with van der Waals surface area (Å²) in [5.41, 5.74) is 4.51. The number of nitrogens with one attached hydrogen (secondary N) is 1. The van der Waals surface area contributed by atoms with Crippen LogP contribution in [-0.4, -0.2) is 46.6 Å². The first-order valence-corrected chi connectivity index (χ1v) is 13.6. The average Bonchev–Trinajstić information content (AvgIpc) is 3.31. The summed E-state index contributed by atoms with van der Waals surface area (Å²) in [5, 5.41) is 0. The van der Waals surface area contributed by atoms with Crippen molar-refractivity contribution in [1.82, 2.24) is 14.9 Å². The largest absolute Gasteiger partial charge is 0.458 e. The number of nitrogens with zero attached hydrogens (tertiary/aromatic N) is 2. The molecule has 5 nitrogen and oxygen atoms in total. The number of H-pyrrole nitrogens is 1. The highest BCUT2D eigenvalue weighted by Gasteiger charge is 2.50. The Morgan fingerprint density at radius 2 is 1.82 bits per heavy atom. The standard InChI is InChI=1S/C31H39N3O2.2ClH/c1-22(2)30(35)36-31(21-24-15-16-25(31)20-26(24)23-10-5-4-6-11-23)17-19-34(3)18-9-14-29-32-27-12-7-8-13-28(27)33-29;;/h4-8,10-13,20,22,24-25H,9,14-19,21H2,1-3H3,(H,32,33);2*1H/t24-,25-,31+;;/m1../s1. The second-order valence-electron chi connectivity index (χ2n) is 11.1. The summed E-state index contributed by atoms with van der Waals surface area (Å²) in [4.78, 5) is 23.4. The van der Waals surface area contributed by atoms with Crippen LogP contribution in [0.1, 0.15) is 57.3 Å². The first-order chi connectivity index (χ1) is 17.4. The van der Waals surface area contributed by atoms with Gasteiger partial charge in [-0.05, 0) is 68.5 Å². The van der Waals surface area contributed by atoms with Crippen molar-refractivity contribution in [2.45, 2.75) is 58.0 Å². The highest BCUT2D eigenvalue weighted by Crippen LogP contribution is 2.53. The molecule has 1 aromatic heterocycles. The van der Waals surface area contributed by atoms with E-state index < -0.39 is 5.60 Å². The van der Waals surface area contributed by atoms with Gasteiger partial charge in [0.1, 0.15) is 11.4 Å². The van der Waals surface area contributed by atoms with Crippen molar-refractivity contribution in [1.29, 1.82) is 0 Å². The lowest BCUT2D eigenvalue weighted by molar-refractivity contribution is -0.176. The van der Waals surface area contributed by atoms with Gasteiger partial charge in [-0.3, -0.25) is 4.79 Å². The number of hydrogen-bond donors (Lipinski definition) is 1. The number of aromatic nitrogens is 2. The van der Waals surface area contributed by atoms with Gasteiger partial charge in [0.15, 0.2) is 0 Å². The van der Waals surface area contributed by atoms with Crippen LogP contribution in [0.15, 0.2) is 60.7 Å². The van der Waals surface area contributed by atoms with Gasteiger partial charge < -0.3 is 14.6 Å². The number of allylic oxidation sites excluding steroid dienone is 1. The summed E-state index contributed by atoms with van der Waals surface area (Å²) in [6, 6.07) is 18.9. The molecule has 3 aliphatic rings. The Hall–Kier alpha value is -2.34. The Bertz CT molecular complexity index is 1190. The number of rotatable bonds is 10. The Morgan fingerprint density at radius 1 is 1.08 bits per heavy atom. The molecule has 1 saturated carbocycles. The molecule has 3 atom stereocenters. The van der Waals surface area contributed by atoms with Gasteiger partial charge >= 0.3 is 5.97 Å². The van der Waals surface area contributed by atoms with Gasteiger partial charge in [-0.2, -0.15) is 0 Å². The van der Waals surface area contributed by atoms with Crippen LogP contribution in [0.25, 0.3) is 16.6 Å². The first kappa shape index (κ1) is 30.2. The number of ether oxygens (including phenoxy) is 1. The number of aryl methyl sites for hydroxylation is 1. The van der Waals surface area contributed by atoms with Crippen LogP contribution >= 0.6 is 24.8 Å². The number of fused-ring (bicyclic) bond motifs is 3. The molecule has 7 heteroatoms. The van der Waals surface area contributed by atoms with Gasteiger partial charge in [-0.15, -0.1) is 24.8 Å². The summed E-state index contributed by atoms with van der Waals surface area (Å²) in [6.45, 7) is 5.78. The zero-order valence-corrected chi connectivity index (χ0v) is 24.3. The molecule has 0 saturated heterocycles. The van der Waals surface area contributed by atoms with E-state index in [1.165, 1.54) is 17.6 Å².